The molecule has 0 saturated heterocycles. The number of unbranched alkanes of at least 4 members (excludes halogenated alkanes) is 14. The van der Waals surface area contributed by atoms with Crippen LogP contribution in [0.5, 0.6) is 0 Å². The lowest BCUT2D eigenvalue weighted by Crippen LogP contribution is -2.20. The number of ether oxygens (including phenoxy) is 2. The van der Waals surface area contributed by atoms with Crippen molar-refractivity contribution in [1.82, 2.24) is 0 Å². The van der Waals surface area contributed by atoms with Crippen molar-refractivity contribution in [2.75, 3.05) is 26.5 Å². The molecule has 1 atom stereocenters. The maximum absolute atomic E-state index is 12.0. The summed E-state index contributed by atoms with van der Waals surface area (Å²) in [6.45, 7) is 6.75. The monoisotopic (exact) mass is 388 g/mol. The first-order valence-electron chi connectivity index (χ1n) is 12.1. The van der Waals surface area contributed by atoms with E-state index in [9.17, 15) is 4.39 Å². The lowest BCUT2D eigenvalue weighted by Gasteiger charge is -2.16. The van der Waals surface area contributed by atoms with E-state index >= 15 is 0 Å². The first-order chi connectivity index (χ1) is 13.3. The van der Waals surface area contributed by atoms with E-state index < -0.39 is 0 Å². The molecule has 0 aliphatic carbocycles. The van der Waals surface area contributed by atoms with Gasteiger partial charge in [-0.25, -0.2) is 0 Å². The number of alkyl halides is 1. The Hall–Kier alpha value is -0.150. The van der Waals surface area contributed by atoms with Gasteiger partial charge in [0.05, 0.1) is 19.4 Å². The van der Waals surface area contributed by atoms with Gasteiger partial charge in [0.15, 0.2) is 0 Å². The lowest BCUT2D eigenvalue weighted by molar-refractivity contribution is -0.0197. The Kier molecular flexibility index (Phi) is 23.8. The molecule has 0 rings (SSSR count). The predicted octanol–water partition coefficient (Wildman–Crippen LogP) is 8.03. The summed E-state index contributed by atoms with van der Waals surface area (Å²) in [5.74, 6) is 0. The van der Waals surface area contributed by atoms with E-state index in [1.165, 1.54) is 83.5 Å². The van der Waals surface area contributed by atoms with Crippen LogP contribution in [0, 0.1) is 0 Å². The first kappa shape index (κ1) is 26.9. The van der Waals surface area contributed by atoms with Crippen molar-refractivity contribution >= 4 is 0 Å². The minimum absolute atomic E-state index is 0.138. The predicted molar refractivity (Wildman–Crippen MR) is 116 cm³/mol. The molecular formula is C24H49FO2. The molecule has 0 spiro atoms. The van der Waals surface area contributed by atoms with Gasteiger partial charge in [-0.2, -0.15) is 0 Å². The zero-order chi connectivity index (χ0) is 19.8. The van der Waals surface area contributed by atoms with Gasteiger partial charge in [-0.1, -0.05) is 97.3 Å². The highest BCUT2D eigenvalue weighted by atomic mass is 19.1. The van der Waals surface area contributed by atoms with Crippen LogP contribution >= 0.6 is 0 Å². The summed E-state index contributed by atoms with van der Waals surface area (Å²) in [4.78, 5) is 0. The molecule has 0 heterocycles. The first-order valence-corrected chi connectivity index (χ1v) is 12.1. The van der Waals surface area contributed by atoms with Crippen molar-refractivity contribution in [1.29, 1.82) is 0 Å². The molecule has 164 valence electrons. The lowest BCUT2D eigenvalue weighted by atomic mass is 10.0. The van der Waals surface area contributed by atoms with Gasteiger partial charge in [-0.15, -0.1) is 0 Å². The Labute approximate surface area is 170 Å². The Morgan fingerprint density at radius 2 is 1.07 bits per heavy atom. The molecule has 0 aliphatic heterocycles. The van der Waals surface area contributed by atoms with Crippen LogP contribution < -0.4 is 0 Å². The smallest absolute Gasteiger partial charge is 0.0894 e. The molecule has 0 amide bonds. The standard InChI is InChI=1S/C24H49FO2/c1-3-5-22-27-24(4-2)23-26-21-19-17-15-13-11-9-7-6-8-10-12-14-16-18-20-25/h24H,3-23H2,1-2H3. The summed E-state index contributed by atoms with van der Waals surface area (Å²) in [5.41, 5.74) is 0. The van der Waals surface area contributed by atoms with Crippen molar-refractivity contribution < 1.29 is 13.9 Å². The quantitative estimate of drug-likeness (QED) is 0.165. The Balaban J connectivity index is 3.14. The molecular weight excluding hydrogens is 339 g/mol. The number of hydrogen-bond acceptors (Lipinski definition) is 2. The van der Waals surface area contributed by atoms with E-state index in [1.54, 1.807) is 0 Å². The molecule has 3 heteroatoms. The molecule has 0 aromatic heterocycles. The number of hydrogen-bond donors (Lipinski definition) is 0. The maximum Gasteiger partial charge on any atom is 0.0894 e. The van der Waals surface area contributed by atoms with Crippen LogP contribution in [-0.2, 0) is 9.47 Å². The highest BCUT2D eigenvalue weighted by molar-refractivity contribution is 4.54. The van der Waals surface area contributed by atoms with Gasteiger partial charge in [-0.3, -0.25) is 4.39 Å². The highest BCUT2D eigenvalue weighted by Gasteiger charge is 2.06. The Morgan fingerprint density at radius 1 is 0.593 bits per heavy atom. The van der Waals surface area contributed by atoms with Crippen molar-refractivity contribution in [2.24, 2.45) is 0 Å². The third-order valence-electron chi connectivity index (χ3n) is 5.28. The van der Waals surface area contributed by atoms with Gasteiger partial charge < -0.3 is 9.47 Å². The zero-order valence-electron chi connectivity index (χ0n) is 18.6. The molecule has 0 saturated carbocycles. The van der Waals surface area contributed by atoms with Gasteiger partial charge in [-0.05, 0) is 25.7 Å². The van der Waals surface area contributed by atoms with E-state index in [2.05, 4.69) is 13.8 Å². The summed E-state index contributed by atoms with van der Waals surface area (Å²) >= 11 is 0. The van der Waals surface area contributed by atoms with Crippen LogP contribution in [0.3, 0.4) is 0 Å². The summed E-state index contributed by atoms with van der Waals surface area (Å²) in [6, 6.07) is 0. The summed E-state index contributed by atoms with van der Waals surface area (Å²) in [6.07, 6.45) is 21.5. The summed E-state index contributed by atoms with van der Waals surface area (Å²) in [7, 11) is 0. The second-order valence-corrected chi connectivity index (χ2v) is 7.97. The average molecular weight is 389 g/mol. The molecule has 0 aliphatic rings. The van der Waals surface area contributed by atoms with E-state index in [0.717, 1.165) is 45.5 Å². The van der Waals surface area contributed by atoms with Crippen molar-refractivity contribution in [3.05, 3.63) is 0 Å². The van der Waals surface area contributed by atoms with Crippen molar-refractivity contribution in [2.45, 2.75) is 129 Å². The molecule has 27 heavy (non-hydrogen) atoms. The van der Waals surface area contributed by atoms with Gasteiger partial charge in [0, 0.05) is 13.2 Å². The summed E-state index contributed by atoms with van der Waals surface area (Å²) < 4.78 is 23.6. The van der Waals surface area contributed by atoms with E-state index in [1.807, 2.05) is 0 Å². The molecule has 1 unspecified atom stereocenters. The van der Waals surface area contributed by atoms with Crippen molar-refractivity contribution in [3.63, 3.8) is 0 Å². The average Bonchev–Trinajstić information content (AvgIpc) is 2.69. The third kappa shape index (κ3) is 22.0. The van der Waals surface area contributed by atoms with Gasteiger partial charge in [0.2, 0.25) is 0 Å². The maximum atomic E-state index is 12.0. The second kappa shape index (κ2) is 23.9. The minimum Gasteiger partial charge on any atom is -0.379 e. The molecule has 2 nitrogen and oxygen atoms in total. The SMILES string of the molecule is CCCCOC(CC)COCCCCCCCCCCCCCCCCF. The Bertz CT molecular complexity index is 261. The Morgan fingerprint density at radius 3 is 1.52 bits per heavy atom. The highest BCUT2D eigenvalue weighted by Crippen LogP contribution is 2.13. The fourth-order valence-electron chi connectivity index (χ4n) is 3.31. The van der Waals surface area contributed by atoms with Crippen LogP contribution in [0.2, 0.25) is 0 Å². The largest absolute Gasteiger partial charge is 0.379 e. The fourth-order valence-corrected chi connectivity index (χ4v) is 3.31. The van der Waals surface area contributed by atoms with Crippen molar-refractivity contribution in [3.8, 4) is 0 Å². The van der Waals surface area contributed by atoms with E-state index in [0.29, 0.717) is 0 Å². The van der Waals surface area contributed by atoms with Crippen LogP contribution in [-0.4, -0.2) is 32.6 Å². The van der Waals surface area contributed by atoms with Gasteiger partial charge in [0.1, 0.15) is 0 Å². The molecule has 0 fully saturated rings. The summed E-state index contributed by atoms with van der Waals surface area (Å²) in [5, 5.41) is 0. The third-order valence-corrected chi connectivity index (χ3v) is 5.28. The normalized spacial score (nSPS) is 12.6. The van der Waals surface area contributed by atoms with E-state index in [-0.39, 0.29) is 12.8 Å². The molecule has 0 N–H and O–H groups in total. The van der Waals surface area contributed by atoms with Crippen LogP contribution in [0.1, 0.15) is 123 Å². The number of halogens is 1. The molecule has 0 radical (unpaired) electrons. The topological polar surface area (TPSA) is 18.5 Å². The minimum atomic E-state index is -0.138. The van der Waals surface area contributed by atoms with Gasteiger partial charge in [0.25, 0.3) is 0 Å². The van der Waals surface area contributed by atoms with E-state index in [4.69, 9.17) is 9.47 Å². The fraction of sp³-hybridized carbons (Fsp3) is 1.00. The zero-order valence-corrected chi connectivity index (χ0v) is 18.6. The van der Waals surface area contributed by atoms with Crippen LogP contribution in [0.25, 0.3) is 0 Å². The van der Waals surface area contributed by atoms with Crippen LogP contribution in [0.4, 0.5) is 4.39 Å². The molecule has 0 aromatic rings. The van der Waals surface area contributed by atoms with Crippen LogP contribution in [0.15, 0.2) is 0 Å². The van der Waals surface area contributed by atoms with Gasteiger partial charge >= 0.3 is 0 Å². The molecule has 0 aromatic carbocycles. The molecule has 0 bridgehead atoms. The number of rotatable bonds is 23. The second-order valence-electron chi connectivity index (χ2n) is 7.97.